The van der Waals surface area contributed by atoms with Crippen LogP contribution in [-0.4, -0.2) is 11.1 Å². The Bertz CT molecular complexity index is 555. The van der Waals surface area contributed by atoms with Crippen LogP contribution in [0, 0.1) is 0 Å². The molecule has 2 rings (SSSR count). The van der Waals surface area contributed by atoms with Gasteiger partial charge in [-0.1, -0.05) is 11.6 Å². The quantitative estimate of drug-likeness (QED) is 0.746. The van der Waals surface area contributed by atoms with Gasteiger partial charge in [-0.2, -0.15) is 11.3 Å². The van der Waals surface area contributed by atoms with Crippen molar-refractivity contribution in [2.24, 2.45) is 0 Å². The van der Waals surface area contributed by atoms with Gasteiger partial charge in [0.2, 0.25) is 0 Å². The molecule has 2 aromatic rings. The number of nitrogen functional groups attached to an aromatic ring is 1. The molecule has 0 aliphatic rings. The zero-order valence-electron chi connectivity index (χ0n) is 8.61. The lowest BCUT2D eigenvalue weighted by molar-refractivity contribution is 0.0698. The van der Waals surface area contributed by atoms with Gasteiger partial charge in [-0.3, -0.25) is 0 Å². The van der Waals surface area contributed by atoms with Crippen LogP contribution in [0.5, 0.6) is 0 Å². The number of nitrogens with two attached hydrogens (primary N) is 1. The topological polar surface area (TPSA) is 75.3 Å². The molecule has 4 N–H and O–H groups in total. The van der Waals surface area contributed by atoms with Crippen LogP contribution in [-0.2, 0) is 0 Å². The second kappa shape index (κ2) is 4.65. The number of benzene rings is 1. The van der Waals surface area contributed by atoms with Gasteiger partial charge in [0.15, 0.2) is 0 Å². The zero-order valence-corrected chi connectivity index (χ0v) is 10.2. The van der Waals surface area contributed by atoms with E-state index in [4.69, 9.17) is 22.4 Å². The monoisotopic (exact) mass is 268 g/mol. The highest BCUT2D eigenvalue weighted by Gasteiger charge is 2.15. The molecule has 0 saturated heterocycles. The SMILES string of the molecule is Nc1cc(Cl)c(Nc2ccsc2)c(C(=O)O)c1. The van der Waals surface area contributed by atoms with E-state index in [1.165, 1.54) is 23.5 Å². The van der Waals surface area contributed by atoms with E-state index in [1.54, 1.807) is 0 Å². The van der Waals surface area contributed by atoms with Crippen LogP contribution in [0.4, 0.5) is 17.1 Å². The highest BCUT2D eigenvalue weighted by molar-refractivity contribution is 7.08. The smallest absolute Gasteiger partial charge is 0.337 e. The number of halogens is 1. The standard InChI is InChI=1S/C11H9ClN2O2S/c12-9-4-6(13)3-8(11(15)16)10(9)14-7-1-2-17-5-7/h1-5,14H,13H2,(H,15,16). The van der Waals surface area contributed by atoms with Crippen molar-refractivity contribution in [1.82, 2.24) is 0 Å². The summed E-state index contributed by atoms with van der Waals surface area (Å²) in [6.45, 7) is 0. The average Bonchev–Trinajstić information content (AvgIpc) is 2.74. The van der Waals surface area contributed by atoms with Gasteiger partial charge in [-0.25, -0.2) is 4.79 Å². The first-order valence-electron chi connectivity index (χ1n) is 4.69. The molecular weight excluding hydrogens is 260 g/mol. The maximum Gasteiger partial charge on any atom is 0.337 e. The third-order valence-corrected chi connectivity index (χ3v) is 3.11. The first-order valence-corrected chi connectivity index (χ1v) is 6.01. The summed E-state index contributed by atoms with van der Waals surface area (Å²) in [6.07, 6.45) is 0. The molecule has 1 aromatic heterocycles. The van der Waals surface area contributed by atoms with Crippen molar-refractivity contribution >= 4 is 46.0 Å². The fourth-order valence-corrected chi connectivity index (χ4v) is 2.27. The molecule has 0 bridgehead atoms. The molecule has 1 heterocycles. The number of carboxylic acids is 1. The number of hydrogen-bond donors (Lipinski definition) is 3. The van der Waals surface area contributed by atoms with Gasteiger partial charge in [-0.05, 0) is 23.6 Å². The molecule has 4 nitrogen and oxygen atoms in total. The Morgan fingerprint density at radius 2 is 2.24 bits per heavy atom. The van der Waals surface area contributed by atoms with E-state index in [9.17, 15) is 4.79 Å². The Hall–Kier alpha value is -1.72. The van der Waals surface area contributed by atoms with Gasteiger partial charge in [0.25, 0.3) is 0 Å². The van der Waals surface area contributed by atoms with Gasteiger partial charge in [0, 0.05) is 16.8 Å². The number of nitrogens with one attached hydrogen (secondary N) is 1. The number of rotatable bonds is 3. The minimum Gasteiger partial charge on any atom is -0.478 e. The van der Waals surface area contributed by atoms with Crippen LogP contribution in [0.2, 0.25) is 5.02 Å². The first kappa shape index (κ1) is 11.8. The van der Waals surface area contributed by atoms with E-state index < -0.39 is 5.97 Å². The Morgan fingerprint density at radius 3 is 2.82 bits per heavy atom. The van der Waals surface area contributed by atoms with Gasteiger partial charge in [0.05, 0.1) is 16.3 Å². The summed E-state index contributed by atoms with van der Waals surface area (Å²) in [5.74, 6) is -1.07. The Balaban J connectivity index is 2.48. The highest BCUT2D eigenvalue weighted by atomic mass is 35.5. The molecule has 0 radical (unpaired) electrons. The normalized spacial score (nSPS) is 10.2. The predicted molar refractivity (Wildman–Crippen MR) is 70.4 cm³/mol. The summed E-state index contributed by atoms with van der Waals surface area (Å²) >= 11 is 7.50. The first-order chi connectivity index (χ1) is 8.08. The maximum absolute atomic E-state index is 11.1. The van der Waals surface area contributed by atoms with Crippen LogP contribution < -0.4 is 11.1 Å². The Labute approximate surface area is 107 Å². The third-order valence-electron chi connectivity index (χ3n) is 2.13. The Kier molecular flexibility index (Phi) is 3.21. The van der Waals surface area contributed by atoms with Crippen molar-refractivity contribution in [3.05, 3.63) is 39.5 Å². The van der Waals surface area contributed by atoms with E-state index in [2.05, 4.69) is 5.32 Å². The lowest BCUT2D eigenvalue weighted by atomic mass is 10.1. The van der Waals surface area contributed by atoms with E-state index in [0.717, 1.165) is 5.69 Å². The summed E-state index contributed by atoms with van der Waals surface area (Å²) < 4.78 is 0. The van der Waals surface area contributed by atoms with Gasteiger partial charge < -0.3 is 16.2 Å². The largest absolute Gasteiger partial charge is 0.478 e. The van der Waals surface area contributed by atoms with Crippen molar-refractivity contribution < 1.29 is 9.90 Å². The number of carbonyl (C=O) groups is 1. The molecule has 0 spiro atoms. The summed E-state index contributed by atoms with van der Waals surface area (Å²) in [5, 5.41) is 16.1. The molecule has 0 fully saturated rings. The Morgan fingerprint density at radius 1 is 1.47 bits per heavy atom. The molecule has 0 unspecified atom stereocenters. The fraction of sp³-hybridized carbons (Fsp3) is 0. The number of thiophene rings is 1. The summed E-state index contributed by atoms with van der Waals surface area (Å²) in [5.41, 5.74) is 7.09. The molecule has 0 saturated carbocycles. The van der Waals surface area contributed by atoms with E-state index in [0.29, 0.717) is 11.4 Å². The van der Waals surface area contributed by atoms with Gasteiger partial charge in [-0.15, -0.1) is 0 Å². The molecule has 0 amide bonds. The fourth-order valence-electron chi connectivity index (χ4n) is 1.40. The van der Waals surface area contributed by atoms with Gasteiger partial charge >= 0.3 is 5.97 Å². The number of carboxylic acid groups (broad SMARTS) is 1. The second-order valence-corrected chi connectivity index (χ2v) is 4.55. The van der Waals surface area contributed by atoms with E-state index in [-0.39, 0.29) is 10.6 Å². The molecule has 17 heavy (non-hydrogen) atoms. The minimum atomic E-state index is -1.07. The van der Waals surface area contributed by atoms with Crippen LogP contribution >= 0.6 is 22.9 Å². The van der Waals surface area contributed by atoms with Crippen molar-refractivity contribution in [3.63, 3.8) is 0 Å². The van der Waals surface area contributed by atoms with E-state index >= 15 is 0 Å². The third kappa shape index (κ3) is 2.51. The van der Waals surface area contributed by atoms with Crippen molar-refractivity contribution in [1.29, 1.82) is 0 Å². The summed E-state index contributed by atoms with van der Waals surface area (Å²) in [6, 6.07) is 4.73. The number of anilines is 3. The molecule has 1 aromatic carbocycles. The van der Waals surface area contributed by atoms with Crippen LogP contribution in [0.25, 0.3) is 0 Å². The average molecular weight is 269 g/mol. The van der Waals surface area contributed by atoms with Crippen molar-refractivity contribution in [2.45, 2.75) is 0 Å². The minimum absolute atomic E-state index is 0.0567. The lowest BCUT2D eigenvalue weighted by Crippen LogP contribution is -2.04. The zero-order chi connectivity index (χ0) is 12.4. The maximum atomic E-state index is 11.1. The summed E-state index contributed by atoms with van der Waals surface area (Å²) in [4.78, 5) is 11.1. The summed E-state index contributed by atoms with van der Waals surface area (Å²) in [7, 11) is 0. The van der Waals surface area contributed by atoms with Crippen LogP contribution in [0.3, 0.4) is 0 Å². The molecular formula is C11H9ClN2O2S. The molecule has 0 aliphatic carbocycles. The van der Waals surface area contributed by atoms with Crippen molar-refractivity contribution in [3.8, 4) is 0 Å². The predicted octanol–water partition coefficient (Wildman–Crippen LogP) is 3.43. The van der Waals surface area contributed by atoms with E-state index in [1.807, 2.05) is 16.8 Å². The van der Waals surface area contributed by atoms with Crippen molar-refractivity contribution in [2.75, 3.05) is 11.1 Å². The number of aromatic carboxylic acids is 1. The number of hydrogen-bond acceptors (Lipinski definition) is 4. The molecule has 6 heteroatoms. The van der Waals surface area contributed by atoms with Crippen LogP contribution in [0.1, 0.15) is 10.4 Å². The molecule has 0 atom stereocenters. The lowest BCUT2D eigenvalue weighted by Gasteiger charge is -2.11. The van der Waals surface area contributed by atoms with Gasteiger partial charge in [0.1, 0.15) is 0 Å². The highest BCUT2D eigenvalue weighted by Crippen LogP contribution is 2.32. The molecule has 88 valence electrons. The second-order valence-electron chi connectivity index (χ2n) is 3.37. The van der Waals surface area contributed by atoms with Crippen LogP contribution in [0.15, 0.2) is 29.0 Å². The molecule has 0 aliphatic heterocycles.